The molecule has 5 heteroatoms. The van der Waals surface area contributed by atoms with Crippen LogP contribution < -0.4 is 0 Å². The molecule has 0 aromatic rings. The molecule has 1 heterocycles. The zero-order valence-corrected chi connectivity index (χ0v) is 13.0. The summed E-state index contributed by atoms with van der Waals surface area (Å²) in [7, 11) is 0. The standard InChI is InChI=1S/C16H30O5/c1-2-3-4-5-6-7-8-9-10-20-16-14(19)12-21-15(16)13(18)11-17/h6-7,13-19H,2-5,8-12H2,1H3/b7-6+/t13-,14+,15-,16-/m1/s1. The van der Waals surface area contributed by atoms with Crippen molar-refractivity contribution in [3.8, 4) is 0 Å². The summed E-state index contributed by atoms with van der Waals surface area (Å²) in [5.74, 6) is 0. The van der Waals surface area contributed by atoms with Gasteiger partial charge in [-0.05, 0) is 25.7 Å². The minimum Gasteiger partial charge on any atom is -0.394 e. The third-order valence-corrected chi connectivity index (χ3v) is 3.70. The summed E-state index contributed by atoms with van der Waals surface area (Å²) >= 11 is 0. The molecule has 0 aliphatic carbocycles. The van der Waals surface area contributed by atoms with Crippen LogP contribution in [0, 0.1) is 0 Å². The van der Waals surface area contributed by atoms with Crippen molar-refractivity contribution in [2.45, 2.75) is 69.9 Å². The van der Waals surface area contributed by atoms with Crippen LogP contribution in [0.15, 0.2) is 12.2 Å². The second-order valence-electron chi connectivity index (χ2n) is 5.56. The Morgan fingerprint density at radius 1 is 1.24 bits per heavy atom. The molecule has 3 N–H and O–H groups in total. The lowest BCUT2D eigenvalue weighted by Gasteiger charge is -2.23. The molecule has 0 spiro atoms. The lowest BCUT2D eigenvalue weighted by molar-refractivity contribution is -0.0935. The normalized spacial score (nSPS) is 27.5. The van der Waals surface area contributed by atoms with Gasteiger partial charge in [-0.3, -0.25) is 0 Å². The van der Waals surface area contributed by atoms with Gasteiger partial charge < -0.3 is 24.8 Å². The van der Waals surface area contributed by atoms with E-state index < -0.39 is 31.0 Å². The number of ether oxygens (including phenoxy) is 2. The minimum absolute atomic E-state index is 0.143. The molecular formula is C16H30O5. The van der Waals surface area contributed by atoms with Crippen LogP contribution in [0.1, 0.15) is 45.4 Å². The largest absolute Gasteiger partial charge is 0.394 e. The van der Waals surface area contributed by atoms with Crippen molar-refractivity contribution in [1.29, 1.82) is 0 Å². The Kier molecular flexibility index (Phi) is 9.87. The zero-order chi connectivity index (χ0) is 15.5. The third kappa shape index (κ3) is 6.89. The highest BCUT2D eigenvalue weighted by atomic mass is 16.6. The van der Waals surface area contributed by atoms with E-state index in [1.807, 2.05) is 0 Å². The third-order valence-electron chi connectivity index (χ3n) is 3.70. The fraction of sp³-hybridized carbons (Fsp3) is 0.875. The van der Waals surface area contributed by atoms with Crippen LogP contribution in [0.2, 0.25) is 0 Å². The molecule has 0 bridgehead atoms. The minimum atomic E-state index is -1.01. The summed E-state index contributed by atoms with van der Waals surface area (Å²) in [6.07, 6.45) is 8.16. The Morgan fingerprint density at radius 2 is 1.95 bits per heavy atom. The molecule has 1 fully saturated rings. The predicted octanol–water partition coefficient (Wildman–Crippen LogP) is 1.40. The molecule has 124 valence electrons. The van der Waals surface area contributed by atoms with Crippen molar-refractivity contribution in [2.75, 3.05) is 19.8 Å². The first-order valence-corrected chi connectivity index (χ1v) is 8.05. The molecular weight excluding hydrogens is 272 g/mol. The highest BCUT2D eigenvalue weighted by molar-refractivity contribution is 4.89. The molecule has 0 unspecified atom stereocenters. The van der Waals surface area contributed by atoms with Gasteiger partial charge in [-0.15, -0.1) is 0 Å². The monoisotopic (exact) mass is 302 g/mol. The molecule has 0 aromatic carbocycles. The maximum Gasteiger partial charge on any atom is 0.114 e. The lowest BCUT2D eigenvalue weighted by Crippen LogP contribution is -2.42. The molecule has 0 radical (unpaired) electrons. The van der Waals surface area contributed by atoms with Crippen molar-refractivity contribution >= 4 is 0 Å². The van der Waals surface area contributed by atoms with Crippen LogP contribution in [0.3, 0.4) is 0 Å². The summed E-state index contributed by atoms with van der Waals surface area (Å²) in [5, 5.41) is 28.3. The smallest absolute Gasteiger partial charge is 0.114 e. The van der Waals surface area contributed by atoms with Gasteiger partial charge in [0.25, 0.3) is 0 Å². The van der Waals surface area contributed by atoms with Gasteiger partial charge in [0.15, 0.2) is 0 Å². The van der Waals surface area contributed by atoms with E-state index in [1.54, 1.807) is 0 Å². The van der Waals surface area contributed by atoms with Crippen LogP contribution in [0.25, 0.3) is 0 Å². The van der Waals surface area contributed by atoms with E-state index in [0.29, 0.717) is 6.61 Å². The molecule has 1 saturated heterocycles. The zero-order valence-electron chi connectivity index (χ0n) is 13.0. The fourth-order valence-corrected chi connectivity index (χ4v) is 2.43. The Bertz CT molecular complexity index is 282. The predicted molar refractivity (Wildman–Crippen MR) is 81.1 cm³/mol. The van der Waals surface area contributed by atoms with Crippen molar-refractivity contribution in [1.82, 2.24) is 0 Å². The molecule has 4 atom stereocenters. The van der Waals surface area contributed by atoms with E-state index in [9.17, 15) is 10.2 Å². The molecule has 1 rings (SSSR count). The SMILES string of the molecule is CCCCC/C=C/CCCO[C@H]1[C@@H]([C@H](O)CO)OC[C@@H]1O. The molecule has 1 aliphatic rings. The first-order chi connectivity index (χ1) is 10.2. The molecule has 0 amide bonds. The van der Waals surface area contributed by atoms with E-state index in [-0.39, 0.29) is 6.61 Å². The molecule has 21 heavy (non-hydrogen) atoms. The first-order valence-electron chi connectivity index (χ1n) is 8.05. The van der Waals surface area contributed by atoms with Crippen LogP contribution in [-0.2, 0) is 9.47 Å². The number of unbranched alkanes of at least 4 members (excludes halogenated alkanes) is 4. The maximum absolute atomic E-state index is 9.77. The van der Waals surface area contributed by atoms with Gasteiger partial charge in [0, 0.05) is 6.61 Å². The molecule has 5 nitrogen and oxygen atoms in total. The average molecular weight is 302 g/mol. The van der Waals surface area contributed by atoms with Gasteiger partial charge >= 0.3 is 0 Å². The summed E-state index contributed by atoms with van der Waals surface area (Å²) in [5.41, 5.74) is 0. The Morgan fingerprint density at radius 3 is 2.62 bits per heavy atom. The van der Waals surface area contributed by atoms with Crippen molar-refractivity contribution in [2.24, 2.45) is 0 Å². The number of aliphatic hydroxyl groups excluding tert-OH is 3. The summed E-state index contributed by atoms with van der Waals surface area (Å²) in [4.78, 5) is 0. The van der Waals surface area contributed by atoms with Crippen molar-refractivity contribution in [3.63, 3.8) is 0 Å². The number of allylic oxidation sites excluding steroid dienone is 2. The topological polar surface area (TPSA) is 79.2 Å². The van der Waals surface area contributed by atoms with Gasteiger partial charge in [0.2, 0.25) is 0 Å². The summed E-state index contributed by atoms with van der Waals surface area (Å²) < 4.78 is 10.9. The number of hydrogen-bond donors (Lipinski definition) is 3. The van der Waals surface area contributed by atoms with Crippen molar-refractivity contribution < 1.29 is 24.8 Å². The molecule has 0 aromatic heterocycles. The highest BCUT2D eigenvalue weighted by Crippen LogP contribution is 2.21. The van der Waals surface area contributed by atoms with E-state index >= 15 is 0 Å². The molecule has 1 aliphatic heterocycles. The molecule has 0 saturated carbocycles. The Balaban J connectivity index is 2.13. The van der Waals surface area contributed by atoms with Crippen LogP contribution in [-0.4, -0.2) is 59.6 Å². The number of rotatable bonds is 11. The van der Waals surface area contributed by atoms with Gasteiger partial charge in [0.05, 0.1) is 13.2 Å². The second kappa shape index (κ2) is 11.2. The Hall–Kier alpha value is -0.460. The second-order valence-corrected chi connectivity index (χ2v) is 5.56. The summed E-state index contributed by atoms with van der Waals surface area (Å²) in [6.45, 7) is 2.46. The van der Waals surface area contributed by atoms with Crippen LogP contribution in [0.5, 0.6) is 0 Å². The van der Waals surface area contributed by atoms with Crippen LogP contribution >= 0.6 is 0 Å². The highest BCUT2D eigenvalue weighted by Gasteiger charge is 2.40. The fourth-order valence-electron chi connectivity index (χ4n) is 2.43. The number of hydrogen-bond acceptors (Lipinski definition) is 5. The van der Waals surface area contributed by atoms with Gasteiger partial charge in [0.1, 0.15) is 24.4 Å². The average Bonchev–Trinajstić information content (AvgIpc) is 2.86. The van der Waals surface area contributed by atoms with E-state index in [0.717, 1.165) is 19.3 Å². The maximum atomic E-state index is 9.77. The quantitative estimate of drug-likeness (QED) is 0.397. The van der Waals surface area contributed by atoms with E-state index in [1.165, 1.54) is 19.3 Å². The Labute approximate surface area is 127 Å². The first kappa shape index (κ1) is 18.6. The van der Waals surface area contributed by atoms with Crippen molar-refractivity contribution in [3.05, 3.63) is 12.2 Å². The summed E-state index contributed by atoms with van der Waals surface area (Å²) in [6, 6.07) is 0. The van der Waals surface area contributed by atoms with Gasteiger partial charge in [-0.25, -0.2) is 0 Å². The van der Waals surface area contributed by atoms with Crippen LogP contribution in [0.4, 0.5) is 0 Å². The van der Waals surface area contributed by atoms with E-state index in [4.69, 9.17) is 14.6 Å². The lowest BCUT2D eigenvalue weighted by atomic mass is 10.1. The van der Waals surface area contributed by atoms with E-state index in [2.05, 4.69) is 19.1 Å². The number of aliphatic hydroxyl groups is 3. The van der Waals surface area contributed by atoms with Gasteiger partial charge in [-0.2, -0.15) is 0 Å². The van der Waals surface area contributed by atoms with Gasteiger partial charge in [-0.1, -0.05) is 31.9 Å².